The van der Waals surface area contributed by atoms with E-state index in [0.717, 1.165) is 30.8 Å². The Morgan fingerprint density at radius 3 is 2.64 bits per heavy atom. The van der Waals surface area contributed by atoms with E-state index in [4.69, 9.17) is 14.2 Å². The summed E-state index contributed by atoms with van der Waals surface area (Å²) < 4.78 is 16.6. The molecular formula is C25H32N2O6. The topological polar surface area (TPSA) is 88.5 Å². The Hall–Kier alpha value is -2.58. The zero-order valence-corrected chi connectivity index (χ0v) is 19.8. The van der Waals surface area contributed by atoms with Crippen molar-refractivity contribution < 1.29 is 28.9 Å². The van der Waals surface area contributed by atoms with Crippen molar-refractivity contribution in [2.45, 2.75) is 55.9 Å². The molecule has 33 heavy (non-hydrogen) atoms. The van der Waals surface area contributed by atoms with Crippen molar-refractivity contribution >= 4 is 17.6 Å². The zero-order valence-electron chi connectivity index (χ0n) is 19.8. The van der Waals surface area contributed by atoms with Crippen LogP contribution in [0.2, 0.25) is 0 Å². The van der Waals surface area contributed by atoms with Crippen molar-refractivity contribution in [3.05, 3.63) is 35.9 Å². The van der Waals surface area contributed by atoms with Crippen molar-refractivity contribution in [2.24, 2.45) is 5.41 Å². The molecule has 5 rings (SSSR count). The minimum atomic E-state index is -2.08. The first kappa shape index (κ1) is 22.2. The van der Waals surface area contributed by atoms with Gasteiger partial charge in [-0.15, -0.1) is 0 Å². The van der Waals surface area contributed by atoms with Crippen molar-refractivity contribution in [3.63, 3.8) is 0 Å². The number of ether oxygens (including phenoxy) is 3. The maximum absolute atomic E-state index is 13.5. The number of aliphatic hydroxyl groups is 1. The number of fused-ring (bicyclic) bond motifs is 1. The Labute approximate surface area is 194 Å². The maximum Gasteiger partial charge on any atom is 0.344 e. The fourth-order valence-electron chi connectivity index (χ4n) is 7.68. The van der Waals surface area contributed by atoms with Gasteiger partial charge in [-0.05, 0) is 31.0 Å². The number of anilines is 1. The third-order valence-electron chi connectivity index (χ3n) is 8.62. The van der Waals surface area contributed by atoms with Crippen LogP contribution in [0.15, 0.2) is 30.4 Å². The number of likely N-dealkylation sites (N-methyl/N-ethyl adjacent to an activating group) is 1. The fraction of sp³-hybridized carbons (Fsp3) is 0.600. The Morgan fingerprint density at radius 2 is 2.00 bits per heavy atom. The van der Waals surface area contributed by atoms with Gasteiger partial charge in [0.05, 0.1) is 20.3 Å². The van der Waals surface area contributed by atoms with E-state index in [9.17, 15) is 14.7 Å². The molecular weight excluding hydrogens is 424 g/mol. The van der Waals surface area contributed by atoms with Crippen LogP contribution in [0.1, 0.15) is 32.3 Å². The maximum atomic E-state index is 13.5. The van der Waals surface area contributed by atoms with E-state index in [1.165, 1.54) is 14.0 Å². The van der Waals surface area contributed by atoms with Crippen LogP contribution in [0.3, 0.4) is 0 Å². The molecule has 178 valence electrons. The molecule has 8 nitrogen and oxygen atoms in total. The molecule has 3 heterocycles. The van der Waals surface area contributed by atoms with Gasteiger partial charge in [0.1, 0.15) is 5.75 Å². The average Bonchev–Trinajstić information content (AvgIpc) is 3.32. The number of nitrogens with zero attached hydrogens (tertiary/aromatic N) is 2. The molecule has 0 unspecified atom stereocenters. The minimum Gasteiger partial charge on any atom is -0.497 e. The molecule has 0 radical (unpaired) electrons. The molecule has 1 spiro atoms. The normalized spacial score (nSPS) is 38.4. The molecule has 1 aromatic rings. The fourth-order valence-corrected chi connectivity index (χ4v) is 7.68. The summed E-state index contributed by atoms with van der Waals surface area (Å²) in [4.78, 5) is 30.2. The van der Waals surface area contributed by atoms with Gasteiger partial charge < -0.3 is 24.2 Å². The van der Waals surface area contributed by atoms with Crippen molar-refractivity contribution in [1.82, 2.24) is 4.90 Å². The van der Waals surface area contributed by atoms with Gasteiger partial charge in [0.2, 0.25) is 5.60 Å². The largest absolute Gasteiger partial charge is 0.497 e. The molecule has 1 saturated carbocycles. The summed E-state index contributed by atoms with van der Waals surface area (Å²) in [6.07, 6.45) is 4.40. The molecule has 4 aliphatic rings. The summed E-state index contributed by atoms with van der Waals surface area (Å²) in [6, 6.07) is 5.22. The number of methoxy groups -OCH3 is 2. The Balaban J connectivity index is 1.86. The van der Waals surface area contributed by atoms with Crippen LogP contribution < -0.4 is 9.64 Å². The quantitative estimate of drug-likeness (QED) is 0.541. The van der Waals surface area contributed by atoms with E-state index in [1.54, 1.807) is 7.11 Å². The molecule has 2 fully saturated rings. The van der Waals surface area contributed by atoms with E-state index < -0.39 is 40.5 Å². The minimum absolute atomic E-state index is 0.0589. The summed E-state index contributed by atoms with van der Waals surface area (Å²) in [5.74, 6) is -0.617. The molecule has 8 heteroatoms. The van der Waals surface area contributed by atoms with Gasteiger partial charge in [-0.1, -0.05) is 25.1 Å². The lowest BCUT2D eigenvalue weighted by atomic mass is 9.47. The lowest BCUT2D eigenvalue weighted by Crippen LogP contribution is -2.81. The van der Waals surface area contributed by atoms with Gasteiger partial charge >= 0.3 is 11.9 Å². The monoisotopic (exact) mass is 456 g/mol. The highest BCUT2D eigenvalue weighted by atomic mass is 16.6. The molecule has 1 saturated heterocycles. The van der Waals surface area contributed by atoms with E-state index >= 15 is 0 Å². The highest BCUT2D eigenvalue weighted by Crippen LogP contribution is 2.67. The third-order valence-corrected chi connectivity index (χ3v) is 8.62. The van der Waals surface area contributed by atoms with Crippen LogP contribution in [0.4, 0.5) is 5.69 Å². The molecule has 0 bridgehead atoms. The van der Waals surface area contributed by atoms with E-state index in [0.29, 0.717) is 12.2 Å². The molecule has 0 amide bonds. The first-order valence-corrected chi connectivity index (χ1v) is 11.5. The number of hydrogen-bond donors (Lipinski definition) is 1. The Morgan fingerprint density at radius 1 is 1.24 bits per heavy atom. The summed E-state index contributed by atoms with van der Waals surface area (Å²) in [5, 5.41) is 12.5. The second kappa shape index (κ2) is 7.21. The summed E-state index contributed by atoms with van der Waals surface area (Å²) in [7, 11) is 4.77. The van der Waals surface area contributed by atoms with E-state index in [1.807, 2.05) is 31.0 Å². The standard InChI is InChI=1S/C25H32N2O6/c1-6-23-10-7-12-27-13-11-24(19(23)27)17-9-8-16(31-4)14-18(17)26(3)20(24)25(30,22(29)32-5)21(23)33-15(2)28/h7-10,14,19-21,30H,6,11-13H2,1-5H3/t19-,20+,21+,23+,24-,25-/m0/s1. The lowest BCUT2D eigenvalue weighted by molar-refractivity contribution is -0.228. The molecule has 1 aromatic carbocycles. The second-order valence-electron chi connectivity index (χ2n) is 9.76. The van der Waals surface area contributed by atoms with Crippen LogP contribution in [-0.4, -0.2) is 80.1 Å². The lowest BCUT2D eigenvalue weighted by Gasteiger charge is -2.63. The summed E-state index contributed by atoms with van der Waals surface area (Å²) >= 11 is 0. The number of rotatable bonds is 4. The predicted octanol–water partition coefficient (Wildman–Crippen LogP) is 1.64. The van der Waals surface area contributed by atoms with Crippen LogP contribution in [0, 0.1) is 5.41 Å². The number of carbonyl (C=O) groups excluding carboxylic acids is 2. The highest BCUT2D eigenvalue weighted by Gasteiger charge is 2.80. The van der Waals surface area contributed by atoms with Crippen LogP contribution in [-0.2, 0) is 24.5 Å². The van der Waals surface area contributed by atoms with E-state index in [2.05, 4.69) is 23.1 Å². The first-order valence-electron chi connectivity index (χ1n) is 11.5. The Bertz CT molecular complexity index is 1040. The molecule has 0 aromatic heterocycles. The molecule has 1 N–H and O–H groups in total. The molecule has 1 aliphatic carbocycles. The predicted molar refractivity (Wildman–Crippen MR) is 121 cm³/mol. The second-order valence-corrected chi connectivity index (χ2v) is 9.76. The number of hydrogen-bond acceptors (Lipinski definition) is 8. The third kappa shape index (κ3) is 2.48. The highest BCUT2D eigenvalue weighted by molar-refractivity contribution is 5.87. The number of esters is 2. The van der Waals surface area contributed by atoms with Gasteiger partial charge in [-0.3, -0.25) is 9.69 Å². The number of carbonyl (C=O) groups is 2. The molecule has 6 atom stereocenters. The smallest absolute Gasteiger partial charge is 0.344 e. The van der Waals surface area contributed by atoms with Gasteiger partial charge in [0, 0.05) is 49.1 Å². The SMILES string of the molecule is CC[C@]12C=CCN3CC[C@]4(c5ccc(OC)cc5N(C)[C@H]4[C@@](O)(C(=O)OC)[C@@H]1OC(C)=O)[C@@H]32. The Kier molecular flexibility index (Phi) is 4.85. The van der Waals surface area contributed by atoms with Gasteiger partial charge in [-0.25, -0.2) is 4.79 Å². The summed E-state index contributed by atoms with van der Waals surface area (Å²) in [6.45, 7) is 4.94. The van der Waals surface area contributed by atoms with Gasteiger partial charge in [0.25, 0.3) is 0 Å². The average molecular weight is 457 g/mol. The van der Waals surface area contributed by atoms with Crippen LogP contribution in [0.25, 0.3) is 0 Å². The van der Waals surface area contributed by atoms with Crippen LogP contribution in [0.5, 0.6) is 5.75 Å². The van der Waals surface area contributed by atoms with Crippen LogP contribution >= 0.6 is 0 Å². The summed E-state index contributed by atoms with van der Waals surface area (Å²) in [5.41, 5.74) is -1.41. The first-order chi connectivity index (χ1) is 15.7. The van der Waals surface area contributed by atoms with Crippen molar-refractivity contribution in [1.29, 1.82) is 0 Å². The van der Waals surface area contributed by atoms with E-state index in [-0.39, 0.29) is 6.04 Å². The zero-order chi connectivity index (χ0) is 23.8. The van der Waals surface area contributed by atoms with Gasteiger partial charge in [-0.2, -0.15) is 0 Å². The van der Waals surface area contributed by atoms with Crippen molar-refractivity contribution in [3.8, 4) is 5.75 Å². The van der Waals surface area contributed by atoms with Gasteiger partial charge in [0.15, 0.2) is 6.10 Å². The number of benzene rings is 1. The van der Waals surface area contributed by atoms with Crippen molar-refractivity contribution in [2.75, 3.05) is 39.3 Å². The molecule has 3 aliphatic heterocycles.